The van der Waals surface area contributed by atoms with Crippen molar-refractivity contribution >= 4 is 17.2 Å². The predicted molar refractivity (Wildman–Crippen MR) is 172 cm³/mol. The van der Waals surface area contributed by atoms with Gasteiger partial charge >= 0.3 is 0 Å². The topological polar surface area (TPSA) is 0 Å². The van der Waals surface area contributed by atoms with Gasteiger partial charge in [0.05, 0.1) is 0 Å². The Morgan fingerprint density at radius 3 is 1.95 bits per heavy atom. The number of rotatable bonds is 9. The molecule has 4 aromatic carbocycles. The normalized spacial score (nSPS) is 13.1. The maximum absolute atomic E-state index is 2.50. The fraction of sp³-hybridized carbons (Fsp3) is 0.250. The van der Waals surface area contributed by atoms with E-state index in [1.165, 1.54) is 59.8 Å². The molecule has 0 unspecified atom stereocenters. The van der Waals surface area contributed by atoms with E-state index >= 15 is 0 Å². The zero-order valence-electron chi connectivity index (χ0n) is 24.3. The van der Waals surface area contributed by atoms with Crippen molar-refractivity contribution in [2.75, 3.05) is 0 Å². The zero-order chi connectivity index (χ0) is 27.5. The molecule has 0 nitrogen and oxygen atoms in total. The molecule has 0 fully saturated rings. The molecule has 0 heterocycles. The van der Waals surface area contributed by atoms with Crippen LogP contribution < -0.4 is 10.4 Å². The molecule has 2 aliphatic rings. The van der Waals surface area contributed by atoms with Crippen molar-refractivity contribution in [1.29, 1.82) is 0 Å². The summed E-state index contributed by atoms with van der Waals surface area (Å²) in [6.45, 7) is 6.96. The molecule has 0 saturated heterocycles. The standard InChI is InChI=1S/C40H40/c1-4-15-28-24-25-32-27-36-38(31-22-13-14-23-31)33(16-5-2)34(17-6-3)40(39(36)35(32)26-28)37(29-18-9-7-10-19-29)30-20-11-8-12-21-30/h7-14,18-22,24-27H,4-6,15-17,23H2,1-3H3. The molecule has 40 heavy (non-hydrogen) atoms. The van der Waals surface area contributed by atoms with Crippen LogP contribution in [0.3, 0.4) is 0 Å². The van der Waals surface area contributed by atoms with Crippen molar-refractivity contribution in [3.05, 3.63) is 157 Å². The van der Waals surface area contributed by atoms with E-state index in [9.17, 15) is 0 Å². The van der Waals surface area contributed by atoms with Crippen LogP contribution in [-0.2, 0) is 19.3 Å². The molecule has 0 saturated carbocycles. The minimum absolute atomic E-state index is 1.02. The van der Waals surface area contributed by atoms with Crippen molar-refractivity contribution in [1.82, 2.24) is 0 Å². The Labute approximate surface area is 239 Å². The Balaban J connectivity index is 1.94. The van der Waals surface area contributed by atoms with Gasteiger partial charge in [-0.2, -0.15) is 0 Å². The molecule has 0 aliphatic heterocycles. The monoisotopic (exact) mass is 520 g/mol. The van der Waals surface area contributed by atoms with E-state index < -0.39 is 0 Å². The van der Waals surface area contributed by atoms with Gasteiger partial charge in [-0.15, -0.1) is 0 Å². The molecule has 6 rings (SSSR count). The van der Waals surface area contributed by atoms with Crippen molar-refractivity contribution in [3.63, 3.8) is 0 Å². The van der Waals surface area contributed by atoms with E-state index in [1.54, 1.807) is 11.1 Å². The molecular weight excluding hydrogens is 480 g/mol. The minimum atomic E-state index is 1.02. The van der Waals surface area contributed by atoms with Crippen LogP contribution in [-0.4, -0.2) is 0 Å². The lowest BCUT2D eigenvalue weighted by molar-refractivity contribution is 0.849. The zero-order valence-corrected chi connectivity index (χ0v) is 24.3. The van der Waals surface area contributed by atoms with Gasteiger partial charge in [0.2, 0.25) is 0 Å². The van der Waals surface area contributed by atoms with Gasteiger partial charge in [-0.1, -0.05) is 137 Å². The number of allylic oxidation sites excluding steroid dienone is 4. The van der Waals surface area contributed by atoms with Crippen molar-refractivity contribution in [2.24, 2.45) is 0 Å². The Bertz CT molecular complexity index is 1780. The summed E-state index contributed by atoms with van der Waals surface area (Å²) in [7, 11) is 0. The summed E-state index contributed by atoms with van der Waals surface area (Å²) < 4.78 is 0. The molecule has 0 bridgehead atoms. The van der Waals surface area contributed by atoms with Crippen LogP contribution in [0.5, 0.6) is 0 Å². The quantitative estimate of drug-likeness (QED) is 0.183. The third-order valence-corrected chi connectivity index (χ3v) is 8.45. The first-order valence-electron chi connectivity index (χ1n) is 15.3. The summed E-state index contributed by atoms with van der Waals surface area (Å²) in [5.41, 5.74) is 12.9. The Hall–Kier alpha value is -3.90. The third-order valence-electron chi connectivity index (χ3n) is 8.45. The number of benzene rings is 4. The summed E-state index contributed by atoms with van der Waals surface area (Å²) in [6, 6.07) is 29.4. The third kappa shape index (κ3) is 4.71. The SMILES string of the molecule is CCCc1ccc2c(c1)=c1c(c(C3=CC=CC3)c(CCC)c(CCC)c1=C(c1ccccc1)c1ccccc1)C=2. The minimum Gasteiger partial charge on any atom is -0.0801 e. The van der Waals surface area contributed by atoms with Crippen molar-refractivity contribution < 1.29 is 0 Å². The maximum atomic E-state index is 2.50. The highest BCUT2D eigenvalue weighted by molar-refractivity contribution is 5.86. The highest BCUT2D eigenvalue weighted by atomic mass is 14.3. The summed E-state index contributed by atoms with van der Waals surface area (Å²) in [5.74, 6) is 0. The second-order valence-electron chi connectivity index (χ2n) is 11.2. The van der Waals surface area contributed by atoms with E-state index in [-0.39, 0.29) is 0 Å². The Kier molecular flexibility index (Phi) is 7.69. The van der Waals surface area contributed by atoms with Gasteiger partial charge in [-0.05, 0) is 103 Å². The average Bonchev–Trinajstić information content (AvgIpc) is 3.65. The lowest BCUT2D eigenvalue weighted by atomic mass is 9.81. The molecular formula is C40H40. The number of hydrogen-bond acceptors (Lipinski definition) is 0. The van der Waals surface area contributed by atoms with E-state index in [0.29, 0.717) is 0 Å². The molecule has 200 valence electrons. The average molecular weight is 521 g/mol. The largest absolute Gasteiger partial charge is 0.0801 e. The molecule has 0 heteroatoms. The second kappa shape index (κ2) is 11.7. The van der Waals surface area contributed by atoms with Crippen LogP contribution in [0.1, 0.15) is 85.4 Å². The molecule has 2 aliphatic carbocycles. The first kappa shape index (κ1) is 26.3. The smallest absolute Gasteiger partial charge is 0.00170 e. The first-order chi connectivity index (χ1) is 19.7. The molecule has 0 radical (unpaired) electrons. The number of fused-ring (bicyclic) bond motifs is 2. The predicted octanol–water partition coefficient (Wildman–Crippen LogP) is 8.56. The van der Waals surface area contributed by atoms with Gasteiger partial charge in [-0.25, -0.2) is 0 Å². The summed E-state index contributed by atoms with van der Waals surface area (Å²) in [5, 5.41) is 5.67. The van der Waals surface area contributed by atoms with E-state index in [0.717, 1.165) is 44.9 Å². The molecule has 0 spiro atoms. The van der Waals surface area contributed by atoms with Crippen LogP contribution in [0.2, 0.25) is 0 Å². The fourth-order valence-corrected chi connectivity index (χ4v) is 6.84. The van der Waals surface area contributed by atoms with E-state index in [4.69, 9.17) is 0 Å². The molecule has 0 amide bonds. The molecule has 0 aromatic heterocycles. The van der Waals surface area contributed by atoms with Gasteiger partial charge in [0.15, 0.2) is 0 Å². The van der Waals surface area contributed by atoms with Crippen LogP contribution in [0.25, 0.3) is 17.2 Å². The fourth-order valence-electron chi connectivity index (χ4n) is 6.84. The highest BCUT2D eigenvalue weighted by Gasteiger charge is 2.23. The number of aryl methyl sites for hydroxylation is 1. The lowest BCUT2D eigenvalue weighted by Gasteiger charge is -2.22. The summed E-state index contributed by atoms with van der Waals surface area (Å²) in [4.78, 5) is 0. The van der Waals surface area contributed by atoms with Gasteiger partial charge in [-0.3, -0.25) is 0 Å². The van der Waals surface area contributed by atoms with Crippen molar-refractivity contribution in [3.8, 4) is 0 Å². The number of hydrogen-bond donors (Lipinski definition) is 0. The van der Waals surface area contributed by atoms with Gasteiger partial charge in [0.25, 0.3) is 0 Å². The lowest BCUT2D eigenvalue weighted by Crippen LogP contribution is -2.23. The molecule has 4 aromatic rings. The van der Waals surface area contributed by atoms with Gasteiger partial charge in [0.1, 0.15) is 0 Å². The molecule has 0 atom stereocenters. The van der Waals surface area contributed by atoms with E-state index in [1.807, 2.05) is 0 Å². The highest BCUT2D eigenvalue weighted by Crippen LogP contribution is 2.35. The van der Waals surface area contributed by atoms with Gasteiger partial charge < -0.3 is 0 Å². The second-order valence-corrected chi connectivity index (χ2v) is 11.2. The first-order valence-corrected chi connectivity index (χ1v) is 15.3. The van der Waals surface area contributed by atoms with Crippen LogP contribution in [0, 0.1) is 10.4 Å². The van der Waals surface area contributed by atoms with Gasteiger partial charge in [0, 0.05) is 0 Å². The maximum Gasteiger partial charge on any atom is -0.00170 e. The van der Waals surface area contributed by atoms with Crippen LogP contribution in [0.4, 0.5) is 0 Å². The summed E-state index contributed by atoms with van der Waals surface area (Å²) >= 11 is 0. The van der Waals surface area contributed by atoms with Crippen LogP contribution >= 0.6 is 0 Å². The van der Waals surface area contributed by atoms with Crippen molar-refractivity contribution in [2.45, 2.75) is 65.7 Å². The van der Waals surface area contributed by atoms with Crippen LogP contribution in [0.15, 0.2) is 97.1 Å². The molecule has 0 N–H and O–H groups in total. The Morgan fingerprint density at radius 2 is 1.35 bits per heavy atom. The van der Waals surface area contributed by atoms with E-state index in [2.05, 4.69) is 124 Å². The summed E-state index contributed by atoms with van der Waals surface area (Å²) in [6.07, 6.45) is 17.2. The Morgan fingerprint density at radius 1 is 0.700 bits per heavy atom.